The monoisotopic (exact) mass is 677 g/mol. The van der Waals surface area contributed by atoms with E-state index >= 15 is 0 Å². The molecule has 0 aliphatic carbocycles. The number of hydrogen-bond acceptors (Lipinski definition) is 10. The lowest BCUT2D eigenvalue weighted by Gasteiger charge is -2.25. The third-order valence-corrected chi connectivity index (χ3v) is 8.79. The number of carbonyl (C=O) groups is 2. The Morgan fingerprint density at radius 1 is 1.00 bits per heavy atom. The van der Waals surface area contributed by atoms with Gasteiger partial charge in [-0.05, 0) is 80.4 Å². The number of ether oxygens (including phenoxy) is 3. The Morgan fingerprint density at radius 2 is 1.71 bits per heavy atom. The first-order valence-electron chi connectivity index (χ1n) is 15.5. The minimum Gasteiger partial charge on any atom is -0.491 e. The molecule has 0 saturated carbocycles. The van der Waals surface area contributed by atoms with Gasteiger partial charge in [-0.3, -0.25) is 19.5 Å². The number of carbonyl (C=O) groups excluding carboxylic acids is 2. The number of nitro benzene ring substituents is 1. The summed E-state index contributed by atoms with van der Waals surface area (Å²) in [5.41, 5.74) is 1.40. The molecule has 0 unspecified atom stereocenters. The van der Waals surface area contributed by atoms with Gasteiger partial charge in [0.2, 0.25) is 0 Å². The Labute approximate surface area is 284 Å². The zero-order valence-electron chi connectivity index (χ0n) is 27.0. The third-order valence-electron chi connectivity index (χ3n) is 7.81. The summed E-state index contributed by atoms with van der Waals surface area (Å²) in [6.07, 6.45) is 1.62. The molecule has 6 rings (SSSR count). The lowest BCUT2D eigenvalue weighted by Crippen LogP contribution is -2.39. The molecule has 0 radical (unpaired) electrons. The predicted molar refractivity (Wildman–Crippen MR) is 185 cm³/mol. The van der Waals surface area contributed by atoms with Crippen LogP contribution in [0.25, 0.3) is 16.8 Å². The highest BCUT2D eigenvalue weighted by molar-refractivity contribution is 7.07. The highest BCUT2D eigenvalue weighted by Crippen LogP contribution is 2.33. The zero-order chi connectivity index (χ0) is 34.8. The van der Waals surface area contributed by atoms with Crippen LogP contribution in [0.1, 0.15) is 55.2 Å². The summed E-state index contributed by atoms with van der Waals surface area (Å²) in [5.74, 6) is -0.453. The Hall–Kier alpha value is -5.88. The van der Waals surface area contributed by atoms with Crippen molar-refractivity contribution in [1.82, 2.24) is 4.57 Å². The number of allylic oxidation sites excluding steroid dienone is 1. The van der Waals surface area contributed by atoms with Crippen molar-refractivity contribution in [3.63, 3.8) is 0 Å². The quantitative estimate of drug-likeness (QED) is 0.0818. The van der Waals surface area contributed by atoms with Gasteiger partial charge in [-0.1, -0.05) is 53.8 Å². The van der Waals surface area contributed by atoms with Crippen molar-refractivity contribution in [3.05, 3.63) is 143 Å². The van der Waals surface area contributed by atoms with E-state index < -0.39 is 28.5 Å². The minimum absolute atomic E-state index is 0.0341. The predicted octanol–water partition coefficient (Wildman–Crippen LogP) is 5.87. The molecule has 0 bridgehead atoms. The fraction of sp³-hybridized carbons (Fsp3) is 0.189. The lowest BCUT2D eigenvalue weighted by molar-refractivity contribution is -0.384. The smallest absolute Gasteiger partial charge is 0.343 e. The first-order chi connectivity index (χ1) is 23.5. The van der Waals surface area contributed by atoms with Gasteiger partial charge in [0, 0.05) is 17.7 Å². The molecule has 11 nitrogen and oxygen atoms in total. The van der Waals surface area contributed by atoms with E-state index in [-0.39, 0.29) is 35.3 Å². The van der Waals surface area contributed by atoms with Crippen LogP contribution in [0, 0.1) is 10.1 Å². The number of fused-ring (bicyclic) bond motifs is 2. The number of nitro groups is 1. The largest absolute Gasteiger partial charge is 0.491 e. The van der Waals surface area contributed by atoms with Crippen molar-refractivity contribution in [2.75, 3.05) is 6.61 Å². The fourth-order valence-electron chi connectivity index (χ4n) is 5.63. The van der Waals surface area contributed by atoms with Gasteiger partial charge in [0.1, 0.15) is 11.5 Å². The van der Waals surface area contributed by atoms with Gasteiger partial charge in [0.25, 0.3) is 11.2 Å². The van der Waals surface area contributed by atoms with E-state index in [1.54, 1.807) is 44.2 Å². The summed E-state index contributed by atoms with van der Waals surface area (Å²) in [6.45, 7) is 7.43. The molecule has 0 fully saturated rings. The third kappa shape index (κ3) is 6.63. The summed E-state index contributed by atoms with van der Waals surface area (Å²) in [7, 11) is 0. The molecule has 12 heteroatoms. The van der Waals surface area contributed by atoms with E-state index in [1.807, 2.05) is 50.2 Å². The van der Waals surface area contributed by atoms with Crippen LogP contribution in [0.5, 0.6) is 11.5 Å². The standard InChI is InChI=1S/C37H31N3O8S/c1-5-46-36(43)32-22(4)38-37-39(33(32)24-12-17-27(18-13-24)47-21(2)3)34(41)31(49-37)20-29-28-9-7-6-8-23(28)14-19-30(29)48-35(42)25-10-15-26(16-11-25)40(44)45/h6-21,33H,5H2,1-4H3/b31-20-/t33-/m0/s1. The Kier molecular flexibility index (Phi) is 9.23. The normalized spacial score (nSPS) is 14.4. The van der Waals surface area contributed by atoms with E-state index in [4.69, 9.17) is 14.2 Å². The molecule has 0 spiro atoms. The summed E-state index contributed by atoms with van der Waals surface area (Å²) in [4.78, 5) is 56.4. The number of non-ortho nitro benzene ring substituents is 1. The van der Waals surface area contributed by atoms with Crippen LogP contribution in [-0.4, -0.2) is 34.1 Å². The molecule has 0 amide bonds. The highest BCUT2D eigenvalue weighted by atomic mass is 32.1. The van der Waals surface area contributed by atoms with E-state index in [2.05, 4.69) is 4.99 Å². The maximum atomic E-state index is 14.3. The Morgan fingerprint density at radius 3 is 2.39 bits per heavy atom. The SMILES string of the molecule is CCOC(=O)C1=C(C)N=c2s/c(=C\c3c(OC(=O)c4ccc([N+](=O)[O-])cc4)ccc4ccccc34)c(=O)n2[C@H]1c1ccc(OC(C)C)cc1. The molecule has 5 aromatic rings. The van der Waals surface area contributed by atoms with Gasteiger partial charge in [-0.2, -0.15) is 0 Å². The van der Waals surface area contributed by atoms with Crippen LogP contribution < -0.4 is 24.4 Å². The van der Waals surface area contributed by atoms with Crippen LogP contribution >= 0.6 is 11.3 Å². The first-order valence-corrected chi connectivity index (χ1v) is 16.3. The molecule has 4 aromatic carbocycles. The molecule has 49 heavy (non-hydrogen) atoms. The highest BCUT2D eigenvalue weighted by Gasteiger charge is 2.33. The molecule has 2 heterocycles. The van der Waals surface area contributed by atoms with Crippen molar-refractivity contribution >= 4 is 45.8 Å². The molecule has 1 aliphatic heterocycles. The second kappa shape index (κ2) is 13.7. The van der Waals surface area contributed by atoms with Gasteiger partial charge >= 0.3 is 11.9 Å². The first kappa shape index (κ1) is 33.0. The minimum atomic E-state index is -0.822. The number of benzene rings is 4. The van der Waals surface area contributed by atoms with Crippen LogP contribution in [0.3, 0.4) is 0 Å². The lowest BCUT2D eigenvalue weighted by atomic mass is 9.96. The molecule has 1 aliphatic rings. The summed E-state index contributed by atoms with van der Waals surface area (Å²) in [5, 5.41) is 12.7. The maximum Gasteiger partial charge on any atom is 0.343 e. The molecule has 0 saturated heterocycles. The molecular weight excluding hydrogens is 646 g/mol. The van der Waals surface area contributed by atoms with Crippen molar-refractivity contribution < 1.29 is 28.7 Å². The molecule has 1 atom stereocenters. The number of nitrogens with zero attached hydrogens (tertiary/aromatic N) is 3. The van der Waals surface area contributed by atoms with Crippen LogP contribution in [-0.2, 0) is 9.53 Å². The molecule has 248 valence electrons. The van der Waals surface area contributed by atoms with Gasteiger partial charge in [0.15, 0.2) is 4.80 Å². The zero-order valence-corrected chi connectivity index (χ0v) is 27.9. The number of esters is 2. The van der Waals surface area contributed by atoms with Gasteiger partial charge in [-0.25, -0.2) is 14.6 Å². The van der Waals surface area contributed by atoms with Gasteiger partial charge < -0.3 is 14.2 Å². The maximum absolute atomic E-state index is 14.3. The number of rotatable bonds is 9. The van der Waals surface area contributed by atoms with Crippen molar-refractivity contribution in [3.8, 4) is 11.5 Å². The van der Waals surface area contributed by atoms with Crippen LogP contribution in [0.2, 0.25) is 0 Å². The van der Waals surface area contributed by atoms with Crippen molar-refractivity contribution in [2.45, 2.75) is 39.8 Å². The molecule has 0 N–H and O–H groups in total. The molecule has 1 aromatic heterocycles. The Balaban J connectivity index is 1.49. The van der Waals surface area contributed by atoms with Crippen molar-refractivity contribution in [1.29, 1.82) is 0 Å². The second-order valence-electron chi connectivity index (χ2n) is 11.4. The summed E-state index contributed by atoms with van der Waals surface area (Å²) in [6, 6.07) is 22.4. The van der Waals surface area contributed by atoms with Gasteiger partial charge in [-0.15, -0.1) is 0 Å². The van der Waals surface area contributed by atoms with E-state index in [1.165, 1.54) is 28.8 Å². The molecular formula is C37H31N3O8S. The summed E-state index contributed by atoms with van der Waals surface area (Å²) >= 11 is 1.15. The van der Waals surface area contributed by atoms with Crippen LogP contribution in [0.15, 0.2) is 106 Å². The number of aromatic nitrogens is 1. The topological polar surface area (TPSA) is 139 Å². The fourth-order valence-corrected chi connectivity index (χ4v) is 6.66. The average Bonchev–Trinajstić information content (AvgIpc) is 3.39. The Bertz CT molecular complexity index is 2320. The van der Waals surface area contributed by atoms with E-state index in [0.29, 0.717) is 31.9 Å². The average molecular weight is 678 g/mol. The van der Waals surface area contributed by atoms with Crippen molar-refractivity contribution in [2.24, 2.45) is 4.99 Å². The van der Waals surface area contributed by atoms with Gasteiger partial charge in [0.05, 0.1) is 45.0 Å². The van der Waals surface area contributed by atoms with E-state index in [0.717, 1.165) is 22.1 Å². The number of hydrogen-bond donors (Lipinski definition) is 0. The van der Waals surface area contributed by atoms with Crippen LogP contribution in [0.4, 0.5) is 5.69 Å². The number of thiazole rings is 1. The summed E-state index contributed by atoms with van der Waals surface area (Å²) < 4.78 is 18.8. The van der Waals surface area contributed by atoms with E-state index in [9.17, 15) is 24.5 Å². The second-order valence-corrected chi connectivity index (χ2v) is 12.4.